The summed E-state index contributed by atoms with van der Waals surface area (Å²) in [5, 5.41) is 5.92. The first-order valence-electron chi connectivity index (χ1n) is 11.0. The Morgan fingerprint density at radius 2 is 1.58 bits per heavy atom. The quantitative estimate of drug-likeness (QED) is 0.692. The molecule has 2 aromatic rings. The van der Waals surface area contributed by atoms with Gasteiger partial charge in [-0.25, -0.2) is 0 Å². The third kappa shape index (κ3) is 6.51. The molecule has 0 radical (unpaired) electrons. The highest BCUT2D eigenvalue weighted by Gasteiger charge is 2.25. The fourth-order valence-electron chi connectivity index (χ4n) is 3.71. The molecule has 1 saturated heterocycles. The van der Waals surface area contributed by atoms with Gasteiger partial charge in [-0.3, -0.25) is 19.4 Å². The smallest absolute Gasteiger partial charge is 0.253 e. The highest BCUT2D eigenvalue weighted by atomic mass is 16.2. The number of hydrogen-bond acceptors (Lipinski definition) is 4. The van der Waals surface area contributed by atoms with E-state index >= 15 is 0 Å². The zero-order valence-corrected chi connectivity index (χ0v) is 17.8. The molecule has 1 aliphatic carbocycles. The zero-order chi connectivity index (χ0) is 21.5. The van der Waals surface area contributed by atoms with Gasteiger partial charge in [0.1, 0.15) is 0 Å². The maximum absolute atomic E-state index is 12.6. The molecule has 0 unspecified atom stereocenters. The van der Waals surface area contributed by atoms with Gasteiger partial charge in [-0.05, 0) is 30.5 Å². The SMILES string of the molecule is O=C(CN1CCN(CC=Cc2ccccc2)CC1)Nc1ccccc1C(=O)NC1CC1. The van der Waals surface area contributed by atoms with Gasteiger partial charge in [0.15, 0.2) is 0 Å². The molecule has 0 spiro atoms. The number of benzene rings is 2. The van der Waals surface area contributed by atoms with E-state index in [1.807, 2.05) is 30.3 Å². The molecule has 6 heteroatoms. The van der Waals surface area contributed by atoms with Crippen LogP contribution in [0.15, 0.2) is 60.7 Å². The van der Waals surface area contributed by atoms with Crippen molar-refractivity contribution in [2.45, 2.75) is 18.9 Å². The Hall–Kier alpha value is -2.96. The molecular formula is C25H30N4O2. The van der Waals surface area contributed by atoms with Crippen LogP contribution < -0.4 is 10.6 Å². The van der Waals surface area contributed by atoms with Crippen molar-refractivity contribution < 1.29 is 9.59 Å². The van der Waals surface area contributed by atoms with Crippen LogP contribution in [-0.4, -0.2) is 66.9 Å². The van der Waals surface area contributed by atoms with Gasteiger partial charge in [0.05, 0.1) is 17.8 Å². The standard InChI is InChI=1S/C25H30N4O2/c30-24(27-23-11-5-4-10-22(23)25(31)26-21-12-13-21)19-29-17-15-28(16-18-29)14-6-9-20-7-2-1-3-8-20/h1-11,21H,12-19H2,(H,26,31)(H,27,30). The van der Waals surface area contributed by atoms with E-state index in [1.54, 1.807) is 12.1 Å². The number of anilines is 1. The largest absolute Gasteiger partial charge is 0.349 e. The Morgan fingerprint density at radius 1 is 0.903 bits per heavy atom. The van der Waals surface area contributed by atoms with Gasteiger partial charge < -0.3 is 10.6 Å². The maximum Gasteiger partial charge on any atom is 0.253 e. The Morgan fingerprint density at radius 3 is 2.32 bits per heavy atom. The molecule has 0 bridgehead atoms. The van der Waals surface area contributed by atoms with E-state index in [0.717, 1.165) is 45.6 Å². The summed E-state index contributed by atoms with van der Waals surface area (Å²) in [5.41, 5.74) is 2.32. The molecule has 6 nitrogen and oxygen atoms in total. The monoisotopic (exact) mass is 418 g/mol. The number of rotatable bonds is 8. The van der Waals surface area contributed by atoms with E-state index in [4.69, 9.17) is 0 Å². The fourth-order valence-corrected chi connectivity index (χ4v) is 3.71. The first-order chi connectivity index (χ1) is 15.2. The highest BCUT2D eigenvalue weighted by molar-refractivity contribution is 6.04. The fraction of sp³-hybridized carbons (Fsp3) is 0.360. The third-order valence-electron chi connectivity index (χ3n) is 5.66. The Labute approximate surface area is 183 Å². The number of nitrogens with zero attached hydrogens (tertiary/aromatic N) is 2. The predicted molar refractivity (Wildman–Crippen MR) is 124 cm³/mol. The maximum atomic E-state index is 12.6. The summed E-state index contributed by atoms with van der Waals surface area (Å²) in [4.78, 5) is 29.6. The Balaban J connectivity index is 1.21. The van der Waals surface area contributed by atoms with Crippen LogP contribution in [-0.2, 0) is 4.79 Å². The van der Waals surface area contributed by atoms with E-state index in [1.165, 1.54) is 5.56 Å². The molecule has 1 heterocycles. The van der Waals surface area contributed by atoms with Crippen LogP contribution >= 0.6 is 0 Å². The normalized spacial score (nSPS) is 17.5. The average Bonchev–Trinajstić information content (AvgIpc) is 3.60. The van der Waals surface area contributed by atoms with Crippen LogP contribution in [0, 0.1) is 0 Å². The van der Waals surface area contributed by atoms with E-state index in [9.17, 15) is 9.59 Å². The van der Waals surface area contributed by atoms with Crippen molar-refractivity contribution in [1.82, 2.24) is 15.1 Å². The molecule has 2 fully saturated rings. The first kappa shape index (κ1) is 21.3. The van der Waals surface area contributed by atoms with Gasteiger partial charge >= 0.3 is 0 Å². The number of piperazine rings is 1. The van der Waals surface area contributed by atoms with Crippen molar-refractivity contribution in [3.8, 4) is 0 Å². The summed E-state index contributed by atoms with van der Waals surface area (Å²) in [6.07, 6.45) is 6.42. The molecular weight excluding hydrogens is 388 g/mol. The summed E-state index contributed by atoms with van der Waals surface area (Å²) < 4.78 is 0. The lowest BCUT2D eigenvalue weighted by Gasteiger charge is -2.33. The summed E-state index contributed by atoms with van der Waals surface area (Å²) in [5.74, 6) is -0.195. The van der Waals surface area contributed by atoms with Crippen molar-refractivity contribution >= 4 is 23.6 Å². The molecule has 4 rings (SSSR count). The van der Waals surface area contributed by atoms with E-state index in [-0.39, 0.29) is 17.9 Å². The first-order valence-corrected chi connectivity index (χ1v) is 11.0. The van der Waals surface area contributed by atoms with Crippen LogP contribution in [0.25, 0.3) is 6.08 Å². The lowest BCUT2D eigenvalue weighted by atomic mass is 10.1. The second-order valence-electron chi connectivity index (χ2n) is 8.23. The predicted octanol–water partition coefficient (Wildman–Crippen LogP) is 2.85. The van der Waals surface area contributed by atoms with Crippen LogP contribution in [0.1, 0.15) is 28.8 Å². The number of hydrogen-bond donors (Lipinski definition) is 2. The number of nitrogens with one attached hydrogen (secondary N) is 2. The third-order valence-corrected chi connectivity index (χ3v) is 5.66. The van der Waals surface area contributed by atoms with Gasteiger partial charge in [0.25, 0.3) is 5.91 Å². The molecule has 162 valence electrons. The molecule has 2 aliphatic rings. The molecule has 2 N–H and O–H groups in total. The van der Waals surface area contributed by atoms with Crippen LogP contribution in [0.4, 0.5) is 5.69 Å². The van der Waals surface area contributed by atoms with Crippen molar-refractivity contribution in [3.63, 3.8) is 0 Å². The molecule has 31 heavy (non-hydrogen) atoms. The van der Waals surface area contributed by atoms with E-state index in [2.05, 4.69) is 44.7 Å². The van der Waals surface area contributed by atoms with Crippen LogP contribution in [0.5, 0.6) is 0 Å². The van der Waals surface area contributed by atoms with Crippen LogP contribution in [0.3, 0.4) is 0 Å². The van der Waals surface area contributed by atoms with Crippen molar-refractivity contribution in [1.29, 1.82) is 0 Å². The Bertz CT molecular complexity index is 916. The number of para-hydroxylation sites is 1. The lowest BCUT2D eigenvalue weighted by molar-refractivity contribution is -0.117. The van der Waals surface area contributed by atoms with E-state index in [0.29, 0.717) is 17.8 Å². The minimum absolute atomic E-state index is 0.0795. The number of amides is 2. The van der Waals surface area contributed by atoms with Crippen molar-refractivity contribution in [2.75, 3.05) is 44.6 Å². The lowest BCUT2D eigenvalue weighted by Crippen LogP contribution is -2.48. The zero-order valence-electron chi connectivity index (χ0n) is 17.8. The molecule has 2 amide bonds. The molecule has 2 aromatic carbocycles. The van der Waals surface area contributed by atoms with Crippen LogP contribution in [0.2, 0.25) is 0 Å². The summed E-state index contributed by atoms with van der Waals surface area (Å²) in [6, 6.07) is 17.8. The van der Waals surface area contributed by atoms with Gasteiger partial charge in [-0.1, -0.05) is 54.6 Å². The van der Waals surface area contributed by atoms with Gasteiger partial charge in [-0.15, -0.1) is 0 Å². The van der Waals surface area contributed by atoms with Gasteiger partial charge in [0, 0.05) is 38.8 Å². The average molecular weight is 419 g/mol. The van der Waals surface area contributed by atoms with E-state index < -0.39 is 0 Å². The highest BCUT2D eigenvalue weighted by Crippen LogP contribution is 2.21. The van der Waals surface area contributed by atoms with Crippen molar-refractivity contribution in [2.24, 2.45) is 0 Å². The molecule has 0 aromatic heterocycles. The number of carbonyl (C=O) groups is 2. The minimum atomic E-state index is -0.115. The summed E-state index contributed by atoms with van der Waals surface area (Å²) in [7, 11) is 0. The summed E-state index contributed by atoms with van der Waals surface area (Å²) in [6.45, 7) is 4.84. The topological polar surface area (TPSA) is 64.7 Å². The second-order valence-corrected chi connectivity index (χ2v) is 8.23. The van der Waals surface area contributed by atoms with Crippen molar-refractivity contribution in [3.05, 3.63) is 71.8 Å². The summed E-state index contributed by atoms with van der Waals surface area (Å²) >= 11 is 0. The minimum Gasteiger partial charge on any atom is -0.349 e. The molecule has 1 saturated carbocycles. The van der Waals surface area contributed by atoms with Gasteiger partial charge in [-0.2, -0.15) is 0 Å². The second kappa shape index (κ2) is 10.4. The molecule has 0 atom stereocenters. The Kier molecular flexibility index (Phi) is 7.12. The number of carbonyl (C=O) groups excluding carboxylic acids is 2. The van der Waals surface area contributed by atoms with Gasteiger partial charge in [0.2, 0.25) is 5.91 Å². The molecule has 1 aliphatic heterocycles.